The van der Waals surface area contributed by atoms with E-state index in [0.29, 0.717) is 11.4 Å². The molecule has 1 aliphatic heterocycles. The Labute approximate surface area is 160 Å². The highest BCUT2D eigenvalue weighted by Gasteiger charge is 2.42. The third-order valence-corrected chi connectivity index (χ3v) is 4.23. The number of anilines is 2. The van der Waals surface area contributed by atoms with Crippen LogP contribution in [0.3, 0.4) is 0 Å². The van der Waals surface area contributed by atoms with Crippen molar-refractivity contribution in [2.24, 2.45) is 5.92 Å². The van der Waals surface area contributed by atoms with E-state index in [1.54, 1.807) is 24.3 Å². The Balaban J connectivity index is 1.83. The second kappa shape index (κ2) is 7.36. The van der Waals surface area contributed by atoms with Gasteiger partial charge in [0.15, 0.2) is 5.92 Å². The van der Waals surface area contributed by atoms with E-state index in [2.05, 4.69) is 17.2 Å². The first-order valence-corrected chi connectivity index (χ1v) is 8.30. The van der Waals surface area contributed by atoms with Crippen LogP contribution in [-0.2, 0) is 9.59 Å². The van der Waals surface area contributed by atoms with Crippen LogP contribution in [0, 0.1) is 12.8 Å². The predicted octanol–water partition coefficient (Wildman–Crippen LogP) is 1.18. The Kier molecular flexibility index (Phi) is 4.95. The molecule has 8 heteroatoms. The molecule has 1 fully saturated rings. The molecule has 1 aliphatic rings. The zero-order valence-corrected chi connectivity index (χ0v) is 14.9. The summed E-state index contributed by atoms with van der Waals surface area (Å²) in [5, 5.41) is 15.8. The number of carbonyl (C=O) groups is 4. The fraction of sp³-hybridized carbons (Fsp3) is 0.100. The van der Waals surface area contributed by atoms with Crippen LogP contribution in [0.15, 0.2) is 60.8 Å². The molecule has 28 heavy (non-hydrogen) atoms. The molecular weight excluding hydrogens is 362 g/mol. The molecular formula is C20H16N3O5-. The summed E-state index contributed by atoms with van der Waals surface area (Å²) >= 11 is 0. The average Bonchev–Trinajstić information content (AvgIpc) is 2.63. The lowest BCUT2D eigenvalue weighted by Gasteiger charge is -2.31. The van der Waals surface area contributed by atoms with Crippen molar-refractivity contribution in [2.45, 2.75) is 6.92 Å². The first-order valence-electron chi connectivity index (χ1n) is 8.30. The summed E-state index contributed by atoms with van der Waals surface area (Å²) in [6.45, 7) is 5.61. The maximum absolute atomic E-state index is 12.9. The third-order valence-electron chi connectivity index (χ3n) is 4.23. The van der Waals surface area contributed by atoms with Crippen molar-refractivity contribution >= 4 is 35.2 Å². The van der Waals surface area contributed by atoms with E-state index in [4.69, 9.17) is 0 Å². The Hall–Kier alpha value is -3.94. The number of carboxylic acid groups (broad SMARTS) is 1. The summed E-state index contributed by atoms with van der Waals surface area (Å²) in [5.74, 6) is -4.18. The van der Waals surface area contributed by atoms with Crippen LogP contribution >= 0.6 is 0 Å². The van der Waals surface area contributed by atoms with Crippen LogP contribution in [0.2, 0.25) is 0 Å². The molecule has 8 nitrogen and oxygen atoms in total. The van der Waals surface area contributed by atoms with Gasteiger partial charge in [0, 0.05) is 11.4 Å². The van der Waals surface area contributed by atoms with E-state index >= 15 is 0 Å². The highest BCUT2D eigenvalue weighted by atomic mass is 16.4. The number of amides is 4. The Morgan fingerprint density at radius 3 is 2.25 bits per heavy atom. The Bertz CT molecular complexity index is 980. The highest BCUT2D eigenvalue weighted by molar-refractivity contribution is 6.28. The molecule has 0 aromatic heterocycles. The number of aryl methyl sites for hydroxylation is 1. The number of rotatable bonds is 5. The molecule has 0 radical (unpaired) electrons. The van der Waals surface area contributed by atoms with Gasteiger partial charge in [-0.3, -0.25) is 14.9 Å². The van der Waals surface area contributed by atoms with E-state index in [9.17, 15) is 24.3 Å². The molecule has 0 spiro atoms. The van der Waals surface area contributed by atoms with Crippen molar-refractivity contribution in [3.8, 4) is 0 Å². The van der Waals surface area contributed by atoms with E-state index in [-0.39, 0.29) is 11.3 Å². The number of imide groups is 2. The van der Waals surface area contributed by atoms with Gasteiger partial charge in [-0.05, 0) is 36.8 Å². The van der Waals surface area contributed by atoms with Gasteiger partial charge in [-0.25, -0.2) is 9.69 Å². The van der Waals surface area contributed by atoms with Crippen LogP contribution in [-0.4, -0.2) is 23.8 Å². The molecule has 2 N–H and O–H groups in total. The minimum Gasteiger partial charge on any atom is -0.545 e. The zero-order chi connectivity index (χ0) is 20.4. The number of carbonyl (C=O) groups excluding carboxylic acids is 4. The maximum Gasteiger partial charge on any atom is 0.335 e. The summed E-state index contributed by atoms with van der Waals surface area (Å²) in [4.78, 5) is 49.0. The fourth-order valence-electron chi connectivity index (χ4n) is 2.77. The maximum atomic E-state index is 12.9. The second-order valence-corrected chi connectivity index (χ2v) is 6.25. The summed E-state index contributed by atoms with van der Waals surface area (Å²) in [6.07, 6.45) is 0. The number of nitrogens with zero attached hydrogens (tertiary/aromatic N) is 1. The minimum atomic E-state index is -1.33. The van der Waals surface area contributed by atoms with Gasteiger partial charge in [-0.1, -0.05) is 36.4 Å². The van der Waals surface area contributed by atoms with Crippen LogP contribution in [0.25, 0.3) is 0 Å². The smallest absolute Gasteiger partial charge is 0.335 e. The van der Waals surface area contributed by atoms with Gasteiger partial charge in [-0.15, -0.1) is 0 Å². The lowest BCUT2D eigenvalue weighted by molar-refractivity contribution is -0.255. The largest absolute Gasteiger partial charge is 0.545 e. The predicted molar refractivity (Wildman–Crippen MR) is 99.2 cm³/mol. The van der Waals surface area contributed by atoms with E-state index in [0.717, 1.165) is 10.5 Å². The van der Waals surface area contributed by atoms with Gasteiger partial charge in [0.05, 0.1) is 11.7 Å². The average molecular weight is 378 g/mol. The van der Waals surface area contributed by atoms with Gasteiger partial charge in [0.2, 0.25) is 5.91 Å². The SMILES string of the molecule is C=C(Nc1ccc(C(=O)[O-])cc1)[C@@H]1C(=O)NC(=O)N(c2ccc(C)cc2)C1=O. The van der Waals surface area contributed by atoms with Crippen molar-refractivity contribution < 1.29 is 24.3 Å². The van der Waals surface area contributed by atoms with Gasteiger partial charge in [0.25, 0.3) is 5.91 Å². The number of urea groups is 1. The summed E-state index contributed by atoms with van der Waals surface area (Å²) in [7, 11) is 0. The molecule has 0 saturated carbocycles. The molecule has 1 saturated heterocycles. The number of carboxylic acids is 1. The van der Waals surface area contributed by atoms with Gasteiger partial charge < -0.3 is 15.2 Å². The first-order chi connectivity index (χ1) is 13.3. The standard InChI is InChI=1S/C20H17N3O5/c1-11-3-9-15(10-4-11)23-18(25)16(17(24)22-20(23)28)12(2)21-14-7-5-13(6-8-14)19(26)27/h3-10,16,21H,2H2,1H3,(H,26,27)(H,22,24,28)/p-1/t16-/m1/s1. The summed E-state index contributed by atoms with van der Waals surface area (Å²) < 4.78 is 0. The lowest BCUT2D eigenvalue weighted by atomic mass is 10.00. The van der Waals surface area contributed by atoms with Crippen molar-refractivity contribution in [1.29, 1.82) is 0 Å². The van der Waals surface area contributed by atoms with E-state index in [1.807, 2.05) is 6.92 Å². The van der Waals surface area contributed by atoms with E-state index < -0.39 is 29.7 Å². The van der Waals surface area contributed by atoms with Gasteiger partial charge >= 0.3 is 6.03 Å². The van der Waals surface area contributed by atoms with Crippen LogP contribution in [0.1, 0.15) is 15.9 Å². The van der Waals surface area contributed by atoms with Crippen LogP contribution in [0.4, 0.5) is 16.2 Å². The molecule has 0 aliphatic carbocycles. The monoisotopic (exact) mass is 378 g/mol. The second-order valence-electron chi connectivity index (χ2n) is 6.25. The van der Waals surface area contributed by atoms with Crippen LogP contribution in [0.5, 0.6) is 0 Å². The quantitative estimate of drug-likeness (QED) is 0.755. The molecule has 3 rings (SSSR count). The van der Waals surface area contributed by atoms with Gasteiger partial charge in [-0.2, -0.15) is 0 Å². The van der Waals surface area contributed by atoms with Gasteiger partial charge in [0.1, 0.15) is 0 Å². The topological polar surface area (TPSA) is 119 Å². The summed E-state index contributed by atoms with van der Waals surface area (Å²) in [5.41, 5.74) is 1.74. The molecule has 1 atom stereocenters. The number of hydrogen-bond acceptors (Lipinski definition) is 6. The molecule has 0 unspecified atom stereocenters. The Morgan fingerprint density at radius 2 is 1.68 bits per heavy atom. The third kappa shape index (κ3) is 3.61. The van der Waals surface area contributed by atoms with Crippen molar-refractivity contribution in [3.63, 3.8) is 0 Å². The number of benzene rings is 2. The molecule has 1 heterocycles. The Morgan fingerprint density at radius 1 is 1.07 bits per heavy atom. The zero-order valence-electron chi connectivity index (χ0n) is 14.9. The fourth-order valence-corrected chi connectivity index (χ4v) is 2.77. The number of nitrogens with one attached hydrogen (secondary N) is 2. The molecule has 142 valence electrons. The summed E-state index contributed by atoms with van der Waals surface area (Å²) in [6, 6.07) is 11.4. The van der Waals surface area contributed by atoms with Crippen molar-refractivity contribution in [1.82, 2.24) is 5.32 Å². The number of aromatic carboxylic acids is 1. The number of hydrogen-bond donors (Lipinski definition) is 2. The van der Waals surface area contributed by atoms with E-state index in [1.165, 1.54) is 24.3 Å². The molecule has 2 aromatic rings. The lowest BCUT2D eigenvalue weighted by Crippen LogP contribution is -2.59. The van der Waals surface area contributed by atoms with Crippen molar-refractivity contribution in [2.75, 3.05) is 10.2 Å². The van der Waals surface area contributed by atoms with Crippen molar-refractivity contribution in [3.05, 3.63) is 71.9 Å². The molecule has 0 bridgehead atoms. The van der Waals surface area contributed by atoms with Crippen LogP contribution < -0.4 is 20.6 Å². The minimum absolute atomic E-state index is 0.0150. The molecule has 4 amide bonds. The normalized spacial score (nSPS) is 16.5. The number of barbiturate groups is 1. The molecule has 2 aromatic carbocycles. The first kappa shape index (κ1) is 18.8. The highest BCUT2D eigenvalue weighted by Crippen LogP contribution is 2.25.